The van der Waals surface area contributed by atoms with Crippen LogP contribution in [0.25, 0.3) is 0 Å². The highest BCUT2D eigenvalue weighted by molar-refractivity contribution is 7.80. The Morgan fingerprint density at radius 1 is 1.35 bits per heavy atom. The molecular formula is C20H25N3O2S. The van der Waals surface area contributed by atoms with Crippen molar-refractivity contribution in [2.45, 2.75) is 32.4 Å². The number of aromatic nitrogens is 1. The van der Waals surface area contributed by atoms with Gasteiger partial charge in [-0.25, -0.2) is 0 Å². The Morgan fingerprint density at radius 3 is 2.85 bits per heavy atom. The van der Waals surface area contributed by atoms with Gasteiger partial charge in [0.1, 0.15) is 5.75 Å². The van der Waals surface area contributed by atoms with Crippen molar-refractivity contribution in [2.75, 3.05) is 25.1 Å². The number of hydrogen-bond acceptors (Lipinski definition) is 4. The van der Waals surface area contributed by atoms with Crippen molar-refractivity contribution in [1.29, 1.82) is 0 Å². The van der Waals surface area contributed by atoms with Crippen LogP contribution in [0.1, 0.15) is 25.3 Å². The molecule has 0 aliphatic carbocycles. The maximum Gasteiger partial charge on any atom is 0.173 e. The number of pyridine rings is 1. The van der Waals surface area contributed by atoms with Crippen molar-refractivity contribution in [3.63, 3.8) is 0 Å². The molecule has 2 heterocycles. The van der Waals surface area contributed by atoms with Crippen LogP contribution in [-0.4, -0.2) is 40.9 Å². The Hall–Kier alpha value is -2.18. The number of ether oxygens (including phenoxy) is 2. The Morgan fingerprint density at radius 2 is 2.19 bits per heavy atom. The Kier molecular flexibility index (Phi) is 6.80. The van der Waals surface area contributed by atoms with Crippen LogP contribution in [0.5, 0.6) is 5.75 Å². The molecule has 0 bridgehead atoms. The van der Waals surface area contributed by atoms with Crippen molar-refractivity contribution in [1.82, 2.24) is 9.88 Å². The average Bonchev–Trinajstić information content (AvgIpc) is 3.17. The summed E-state index contributed by atoms with van der Waals surface area (Å²) in [5.74, 6) is 0.857. The van der Waals surface area contributed by atoms with Gasteiger partial charge in [0.05, 0.1) is 12.7 Å². The fourth-order valence-corrected chi connectivity index (χ4v) is 3.23. The summed E-state index contributed by atoms with van der Waals surface area (Å²) in [7, 11) is 0. The molecule has 2 aromatic rings. The minimum atomic E-state index is 0.228. The molecule has 1 aliphatic rings. The monoisotopic (exact) mass is 371 g/mol. The van der Waals surface area contributed by atoms with E-state index in [4.69, 9.17) is 21.7 Å². The highest BCUT2D eigenvalue weighted by Gasteiger charge is 2.21. The van der Waals surface area contributed by atoms with E-state index in [2.05, 4.69) is 21.3 Å². The quantitative estimate of drug-likeness (QED) is 0.746. The van der Waals surface area contributed by atoms with Gasteiger partial charge >= 0.3 is 0 Å². The molecule has 3 rings (SSSR count). The van der Waals surface area contributed by atoms with E-state index >= 15 is 0 Å². The van der Waals surface area contributed by atoms with E-state index in [1.165, 1.54) is 0 Å². The lowest BCUT2D eigenvalue weighted by molar-refractivity contribution is 0.0905. The second-order valence-corrected chi connectivity index (χ2v) is 6.65. The lowest BCUT2D eigenvalue weighted by Crippen LogP contribution is -2.39. The van der Waals surface area contributed by atoms with Gasteiger partial charge in [0.2, 0.25) is 0 Å². The zero-order chi connectivity index (χ0) is 18.2. The maximum absolute atomic E-state index is 5.80. The predicted molar refractivity (Wildman–Crippen MR) is 107 cm³/mol. The summed E-state index contributed by atoms with van der Waals surface area (Å²) < 4.78 is 11.3. The Labute approximate surface area is 160 Å². The van der Waals surface area contributed by atoms with Gasteiger partial charge < -0.3 is 19.7 Å². The van der Waals surface area contributed by atoms with Crippen molar-refractivity contribution in [3.8, 4) is 5.75 Å². The summed E-state index contributed by atoms with van der Waals surface area (Å²) in [6.07, 6.45) is 6.08. The van der Waals surface area contributed by atoms with Crippen LogP contribution in [0.15, 0.2) is 48.8 Å². The van der Waals surface area contributed by atoms with E-state index in [-0.39, 0.29) is 6.10 Å². The lowest BCUT2D eigenvalue weighted by Gasteiger charge is -2.28. The normalized spacial score (nSPS) is 16.3. The van der Waals surface area contributed by atoms with Gasteiger partial charge in [0.25, 0.3) is 0 Å². The largest absolute Gasteiger partial charge is 0.494 e. The number of anilines is 1. The second-order valence-electron chi connectivity index (χ2n) is 6.26. The van der Waals surface area contributed by atoms with E-state index in [0.29, 0.717) is 18.3 Å². The Bertz CT molecular complexity index is 688. The average molecular weight is 372 g/mol. The van der Waals surface area contributed by atoms with E-state index in [1.807, 2.05) is 43.5 Å². The third-order valence-corrected chi connectivity index (χ3v) is 4.61. The summed E-state index contributed by atoms with van der Waals surface area (Å²) in [5.41, 5.74) is 2.07. The molecular weight excluding hydrogens is 346 g/mol. The first kappa shape index (κ1) is 18.6. The molecule has 138 valence electrons. The van der Waals surface area contributed by atoms with Crippen molar-refractivity contribution < 1.29 is 9.47 Å². The molecule has 5 nitrogen and oxygen atoms in total. The molecule has 1 aromatic carbocycles. The summed E-state index contributed by atoms with van der Waals surface area (Å²) in [4.78, 5) is 6.36. The first-order valence-corrected chi connectivity index (χ1v) is 9.44. The number of nitrogens with zero attached hydrogens (tertiary/aromatic N) is 2. The smallest absolute Gasteiger partial charge is 0.173 e. The van der Waals surface area contributed by atoms with Crippen LogP contribution in [-0.2, 0) is 11.3 Å². The molecule has 26 heavy (non-hydrogen) atoms. The minimum absolute atomic E-state index is 0.228. The fraction of sp³-hybridized carbons (Fsp3) is 0.400. The van der Waals surface area contributed by atoms with Gasteiger partial charge in [-0.1, -0.05) is 6.07 Å². The molecule has 1 atom stereocenters. The van der Waals surface area contributed by atoms with Crippen LogP contribution in [0.3, 0.4) is 0 Å². The van der Waals surface area contributed by atoms with Crippen LogP contribution >= 0.6 is 12.2 Å². The molecule has 0 radical (unpaired) electrons. The maximum atomic E-state index is 5.80. The van der Waals surface area contributed by atoms with Crippen LogP contribution in [0, 0.1) is 0 Å². The van der Waals surface area contributed by atoms with Crippen LogP contribution in [0.2, 0.25) is 0 Å². The number of thiocarbonyl (C=S) groups is 1. The van der Waals surface area contributed by atoms with Gasteiger partial charge in [-0.3, -0.25) is 4.98 Å². The molecule has 0 spiro atoms. The first-order chi connectivity index (χ1) is 12.7. The molecule has 6 heteroatoms. The highest BCUT2D eigenvalue weighted by Crippen LogP contribution is 2.19. The van der Waals surface area contributed by atoms with Gasteiger partial charge in [-0.05, 0) is 67.9 Å². The van der Waals surface area contributed by atoms with E-state index in [9.17, 15) is 0 Å². The topological polar surface area (TPSA) is 46.6 Å². The van der Waals surface area contributed by atoms with Gasteiger partial charge in [0, 0.05) is 37.8 Å². The van der Waals surface area contributed by atoms with E-state index in [0.717, 1.165) is 43.0 Å². The summed E-state index contributed by atoms with van der Waals surface area (Å²) in [5, 5.41) is 4.02. The number of hydrogen-bond donors (Lipinski definition) is 1. The predicted octanol–water partition coefficient (Wildman–Crippen LogP) is 3.86. The number of rotatable bonds is 7. The molecule has 1 fully saturated rings. The van der Waals surface area contributed by atoms with Crippen LogP contribution in [0.4, 0.5) is 5.69 Å². The third kappa shape index (κ3) is 5.41. The molecule has 1 N–H and O–H groups in total. The summed E-state index contributed by atoms with van der Waals surface area (Å²) in [6, 6.07) is 11.9. The Balaban J connectivity index is 1.66. The summed E-state index contributed by atoms with van der Waals surface area (Å²) in [6.45, 7) is 4.95. The zero-order valence-electron chi connectivity index (χ0n) is 15.1. The van der Waals surface area contributed by atoms with Gasteiger partial charge in [0.15, 0.2) is 5.11 Å². The first-order valence-electron chi connectivity index (χ1n) is 9.04. The van der Waals surface area contributed by atoms with Crippen molar-refractivity contribution in [3.05, 3.63) is 54.4 Å². The SMILES string of the molecule is CCOc1ccc(NC(=S)N(Cc2cccnc2)CC2CCCO2)cc1. The molecule has 1 saturated heterocycles. The van der Waals surface area contributed by atoms with Crippen LogP contribution < -0.4 is 10.1 Å². The van der Waals surface area contributed by atoms with Crippen molar-refractivity contribution in [2.24, 2.45) is 0 Å². The highest BCUT2D eigenvalue weighted by atomic mass is 32.1. The second kappa shape index (κ2) is 9.50. The van der Waals surface area contributed by atoms with Gasteiger partial charge in [-0.15, -0.1) is 0 Å². The zero-order valence-corrected chi connectivity index (χ0v) is 15.9. The standard InChI is InChI=1S/C20H25N3O2S/c1-2-24-18-9-7-17(8-10-18)22-20(26)23(15-19-6-4-12-25-19)14-16-5-3-11-21-13-16/h3,5,7-11,13,19H,2,4,6,12,14-15H2,1H3,(H,22,26). The number of benzene rings is 1. The van der Waals surface area contributed by atoms with E-state index in [1.54, 1.807) is 6.20 Å². The molecule has 1 unspecified atom stereocenters. The summed E-state index contributed by atoms with van der Waals surface area (Å²) >= 11 is 5.68. The number of nitrogens with one attached hydrogen (secondary N) is 1. The molecule has 1 aromatic heterocycles. The van der Waals surface area contributed by atoms with Gasteiger partial charge in [-0.2, -0.15) is 0 Å². The third-order valence-electron chi connectivity index (χ3n) is 4.25. The lowest BCUT2D eigenvalue weighted by atomic mass is 10.2. The molecule has 1 aliphatic heterocycles. The molecule has 0 saturated carbocycles. The van der Waals surface area contributed by atoms with E-state index < -0.39 is 0 Å². The van der Waals surface area contributed by atoms with Crippen molar-refractivity contribution >= 4 is 23.0 Å². The minimum Gasteiger partial charge on any atom is -0.494 e. The molecule has 0 amide bonds. The fourth-order valence-electron chi connectivity index (χ4n) is 2.97.